The van der Waals surface area contributed by atoms with E-state index in [1.54, 1.807) is 6.33 Å². The molecule has 0 aromatic carbocycles. The third-order valence-corrected chi connectivity index (χ3v) is 2.30. The van der Waals surface area contributed by atoms with E-state index < -0.39 is 0 Å². The Bertz CT molecular complexity index is 527. The van der Waals surface area contributed by atoms with Crippen LogP contribution in [0.15, 0.2) is 17.4 Å². The summed E-state index contributed by atoms with van der Waals surface area (Å²) in [7, 11) is 0. The Hall–Kier alpha value is -1.69. The number of aryl methyl sites for hydroxylation is 1. The molecule has 0 saturated heterocycles. The highest BCUT2D eigenvalue weighted by atomic mass is 16.1. The van der Waals surface area contributed by atoms with Crippen molar-refractivity contribution in [2.45, 2.75) is 20.0 Å². The lowest BCUT2D eigenvalue weighted by molar-refractivity contribution is 0.670. The Kier molecular flexibility index (Phi) is 2.51. The summed E-state index contributed by atoms with van der Waals surface area (Å²) < 4.78 is 3.32. The van der Waals surface area contributed by atoms with Gasteiger partial charge in [-0.25, -0.2) is 9.97 Å². The van der Waals surface area contributed by atoms with Gasteiger partial charge in [0.1, 0.15) is 6.33 Å². The number of nitrogens with two attached hydrogens (primary N) is 1. The molecule has 0 fully saturated rings. The van der Waals surface area contributed by atoms with Crippen LogP contribution in [0.1, 0.15) is 6.92 Å². The Morgan fingerprint density at radius 2 is 2.07 bits per heavy atom. The molecule has 0 atom stereocenters. The minimum absolute atomic E-state index is 0.127. The van der Waals surface area contributed by atoms with Gasteiger partial charge in [0.05, 0.1) is 6.33 Å². The lowest BCUT2D eigenvalue weighted by Crippen LogP contribution is -2.24. The Morgan fingerprint density at radius 1 is 1.33 bits per heavy atom. The average molecular weight is 207 g/mol. The fourth-order valence-corrected chi connectivity index (χ4v) is 1.50. The summed E-state index contributed by atoms with van der Waals surface area (Å²) in [4.78, 5) is 20.1. The van der Waals surface area contributed by atoms with Crippen LogP contribution >= 0.6 is 0 Å². The molecule has 0 unspecified atom stereocenters. The van der Waals surface area contributed by atoms with Crippen molar-refractivity contribution in [3.63, 3.8) is 0 Å². The summed E-state index contributed by atoms with van der Waals surface area (Å²) in [5, 5.41) is 0. The number of imidazole rings is 1. The molecule has 2 aromatic rings. The zero-order valence-corrected chi connectivity index (χ0v) is 8.55. The molecular formula is C9H13N5O. The normalized spacial score (nSPS) is 11.1. The van der Waals surface area contributed by atoms with Gasteiger partial charge in [-0.1, -0.05) is 0 Å². The molecule has 0 aliphatic heterocycles. The van der Waals surface area contributed by atoms with Crippen molar-refractivity contribution in [1.29, 1.82) is 0 Å². The standard InChI is InChI=1S/C9H13N5O/c1-2-13-5-11-7-8(13)12-6-14(4-3-10)9(7)15/h5-6H,2-4,10H2,1H3. The third kappa shape index (κ3) is 1.52. The number of hydrogen-bond donors (Lipinski definition) is 1. The number of fused-ring (bicyclic) bond motifs is 1. The van der Waals surface area contributed by atoms with Gasteiger partial charge in [0.15, 0.2) is 11.2 Å². The first-order valence-electron chi connectivity index (χ1n) is 4.88. The predicted molar refractivity (Wildman–Crippen MR) is 56.5 cm³/mol. The van der Waals surface area contributed by atoms with Crippen LogP contribution in [0.4, 0.5) is 0 Å². The molecule has 0 aliphatic rings. The highest BCUT2D eigenvalue weighted by Gasteiger charge is 2.08. The van der Waals surface area contributed by atoms with Crippen LogP contribution in [0.25, 0.3) is 11.2 Å². The molecule has 0 aliphatic carbocycles. The molecule has 2 heterocycles. The quantitative estimate of drug-likeness (QED) is 0.740. The van der Waals surface area contributed by atoms with E-state index in [9.17, 15) is 4.79 Å². The van der Waals surface area contributed by atoms with Crippen molar-refractivity contribution < 1.29 is 0 Å². The predicted octanol–water partition coefficient (Wildman–Crippen LogP) is -0.428. The molecule has 6 heteroatoms. The maximum Gasteiger partial charge on any atom is 0.281 e. The van der Waals surface area contributed by atoms with Crippen LogP contribution in [0, 0.1) is 0 Å². The van der Waals surface area contributed by atoms with Gasteiger partial charge in [-0.05, 0) is 6.92 Å². The molecule has 15 heavy (non-hydrogen) atoms. The van der Waals surface area contributed by atoms with Gasteiger partial charge in [0.2, 0.25) is 0 Å². The molecule has 2 aromatic heterocycles. The summed E-state index contributed by atoms with van der Waals surface area (Å²) in [5.74, 6) is 0. The number of hydrogen-bond acceptors (Lipinski definition) is 4. The molecule has 80 valence electrons. The second-order valence-electron chi connectivity index (χ2n) is 3.23. The molecule has 2 N–H and O–H groups in total. The van der Waals surface area contributed by atoms with Crippen LogP contribution in [0.3, 0.4) is 0 Å². The average Bonchev–Trinajstić information content (AvgIpc) is 2.66. The molecule has 6 nitrogen and oxygen atoms in total. The molecule has 0 radical (unpaired) electrons. The van der Waals surface area contributed by atoms with Crippen molar-refractivity contribution in [2.75, 3.05) is 6.54 Å². The molecule has 0 bridgehead atoms. The van der Waals surface area contributed by atoms with Gasteiger partial charge in [0.25, 0.3) is 5.56 Å². The van der Waals surface area contributed by atoms with Gasteiger partial charge in [-0.3, -0.25) is 9.36 Å². The van der Waals surface area contributed by atoms with E-state index in [0.29, 0.717) is 24.3 Å². The minimum Gasteiger partial charge on any atom is -0.329 e. The minimum atomic E-state index is -0.127. The Morgan fingerprint density at radius 3 is 2.73 bits per heavy atom. The van der Waals surface area contributed by atoms with Gasteiger partial charge in [-0.15, -0.1) is 0 Å². The first-order chi connectivity index (χ1) is 7.27. The summed E-state index contributed by atoms with van der Waals surface area (Å²) in [6.07, 6.45) is 3.15. The van der Waals surface area contributed by atoms with E-state index >= 15 is 0 Å². The lowest BCUT2D eigenvalue weighted by Gasteiger charge is -2.02. The van der Waals surface area contributed by atoms with Gasteiger partial charge in [0, 0.05) is 19.6 Å². The molecular weight excluding hydrogens is 194 g/mol. The van der Waals surface area contributed by atoms with Crippen LogP contribution < -0.4 is 11.3 Å². The largest absolute Gasteiger partial charge is 0.329 e. The Balaban J connectivity index is 2.65. The second kappa shape index (κ2) is 3.82. The summed E-state index contributed by atoms with van der Waals surface area (Å²) in [6, 6.07) is 0. The first-order valence-corrected chi connectivity index (χ1v) is 4.88. The SMILES string of the molecule is CCn1cnc2c(=O)n(CCN)cnc21. The van der Waals surface area contributed by atoms with Crippen LogP contribution in [0.2, 0.25) is 0 Å². The summed E-state index contributed by atoms with van der Waals surface area (Å²) in [6.45, 7) is 3.63. The number of nitrogens with zero attached hydrogens (tertiary/aromatic N) is 4. The van der Waals surface area contributed by atoms with E-state index in [1.165, 1.54) is 10.9 Å². The highest BCUT2D eigenvalue weighted by Crippen LogP contribution is 2.03. The smallest absolute Gasteiger partial charge is 0.281 e. The van der Waals surface area contributed by atoms with E-state index in [1.807, 2.05) is 11.5 Å². The van der Waals surface area contributed by atoms with E-state index in [-0.39, 0.29) is 5.56 Å². The summed E-state index contributed by atoms with van der Waals surface area (Å²) >= 11 is 0. The summed E-state index contributed by atoms with van der Waals surface area (Å²) in [5.41, 5.74) is 6.31. The Labute approximate surface area is 86.4 Å². The maximum absolute atomic E-state index is 11.8. The van der Waals surface area contributed by atoms with Gasteiger partial charge in [-0.2, -0.15) is 0 Å². The van der Waals surface area contributed by atoms with Crippen LogP contribution in [-0.4, -0.2) is 25.6 Å². The number of aromatic nitrogens is 4. The zero-order chi connectivity index (χ0) is 10.8. The second-order valence-corrected chi connectivity index (χ2v) is 3.23. The van der Waals surface area contributed by atoms with E-state index in [2.05, 4.69) is 9.97 Å². The lowest BCUT2D eigenvalue weighted by atomic mass is 10.5. The van der Waals surface area contributed by atoms with Gasteiger partial charge >= 0.3 is 0 Å². The zero-order valence-electron chi connectivity index (χ0n) is 8.55. The van der Waals surface area contributed by atoms with Crippen molar-refractivity contribution >= 4 is 11.2 Å². The topological polar surface area (TPSA) is 78.7 Å². The van der Waals surface area contributed by atoms with Crippen molar-refractivity contribution in [2.24, 2.45) is 5.73 Å². The van der Waals surface area contributed by atoms with Crippen molar-refractivity contribution in [1.82, 2.24) is 19.1 Å². The highest BCUT2D eigenvalue weighted by molar-refractivity contribution is 5.68. The first kappa shape index (κ1) is 9.85. The van der Waals surface area contributed by atoms with Crippen molar-refractivity contribution in [3.8, 4) is 0 Å². The fraction of sp³-hybridized carbons (Fsp3) is 0.444. The third-order valence-electron chi connectivity index (χ3n) is 2.30. The molecule has 2 rings (SSSR count). The van der Waals surface area contributed by atoms with Crippen molar-refractivity contribution in [3.05, 3.63) is 23.0 Å². The maximum atomic E-state index is 11.8. The van der Waals surface area contributed by atoms with E-state index in [0.717, 1.165) is 6.54 Å². The van der Waals surface area contributed by atoms with Crippen LogP contribution in [0.5, 0.6) is 0 Å². The van der Waals surface area contributed by atoms with Gasteiger partial charge < -0.3 is 10.3 Å². The fourth-order valence-electron chi connectivity index (χ4n) is 1.50. The molecule has 0 spiro atoms. The van der Waals surface area contributed by atoms with E-state index in [4.69, 9.17) is 5.73 Å². The molecule has 0 amide bonds. The van der Waals surface area contributed by atoms with Crippen LogP contribution in [-0.2, 0) is 13.1 Å². The monoisotopic (exact) mass is 207 g/mol. The molecule has 0 saturated carbocycles. The number of rotatable bonds is 3.